The van der Waals surface area contributed by atoms with Crippen molar-refractivity contribution in [1.29, 1.82) is 0 Å². The van der Waals surface area contributed by atoms with Gasteiger partial charge in [-0.05, 0) is 35.4 Å². The topological polar surface area (TPSA) is 158 Å². The third-order valence-corrected chi connectivity index (χ3v) is 5.91. The minimum Gasteiger partial charge on any atom is -0.486 e. The Morgan fingerprint density at radius 1 is 1.03 bits per heavy atom. The largest absolute Gasteiger partial charge is 0.486 e. The number of benzene rings is 2. The van der Waals surface area contributed by atoms with Crippen LogP contribution in [0.25, 0.3) is 5.65 Å². The first-order valence-corrected chi connectivity index (χ1v) is 11.5. The van der Waals surface area contributed by atoms with E-state index in [0.29, 0.717) is 11.3 Å². The van der Waals surface area contributed by atoms with Crippen LogP contribution < -0.4 is 21.1 Å². The van der Waals surface area contributed by atoms with Gasteiger partial charge in [0.1, 0.15) is 23.7 Å². The van der Waals surface area contributed by atoms with Crippen molar-refractivity contribution in [2.45, 2.75) is 19.5 Å². The van der Waals surface area contributed by atoms with Crippen LogP contribution in [0.4, 0.5) is 4.39 Å². The van der Waals surface area contributed by atoms with Crippen LogP contribution in [0.3, 0.4) is 0 Å². The lowest BCUT2D eigenvalue weighted by atomic mass is 10.0. The molecule has 0 fully saturated rings. The Morgan fingerprint density at radius 3 is 2.58 bits per heavy atom. The molecule has 3 heterocycles. The van der Waals surface area contributed by atoms with E-state index in [4.69, 9.17) is 10.5 Å². The third-order valence-electron chi connectivity index (χ3n) is 5.91. The molecule has 4 N–H and O–H groups in total. The number of ketones is 1. The number of halogens is 1. The maximum absolute atomic E-state index is 14.4. The number of primary amides is 1. The molecule has 11 nitrogen and oxygen atoms in total. The van der Waals surface area contributed by atoms with Gasteiger partial charge < -0.3 is 21.1 Å². The monoisotopic (exact) mass is 516 g/mol. The maximum Gasteiger partial charge on any atom is 0.270 e. The fraction of sp³-hybridized carbons (Fsp3) is 0.154. The predicted octanol–water partition coefficient (Wildman–Crippen LogP) is 1.33. The van der Waals surface area contributed by atoms with Gasteiger partial charge in [-0.15, -0.1) is 0 Å². The van der Waals surface area contributed by atoms with Crippen LogP contribution in [0.5, 0.6) is 5.75 Å². The van der Waals surface area contributed by atoms with Crippen molar-refractivity contribution < 1.29 is 28.3 Å². The normalized spacial score (nSPS) is 12.5. The zero-order chi connectivity index (χ0) is 26.8. The second-order valence-electron chi connectivity index (χ2n) is 8.63. The van der Waals surface area contributed by atoms with Crippen LogP contribution in [-0.4, -0.2) is 44.7 Å². The molecular weight excluding hydrogens is 495 g/mol. The standard InChI is InChI=1S/C26H21FN6O5/c27-19-12-31-33-21(26(37)30-10-14-2-1-3-16(6-14)23(28)35)9-20(32-24(19)33)25(36)29-11-15-4-5-22-17(7-15)8-18(34)13-38-22/h1-7,9,12H,8,10-11,13H2,(H2,28,35)(H,29,36)(H,30,37). The van der Waals surface area contributed by atoms with Crippen LogP contribution >= 0.6 is 0 Å². The summed E-state index contributed by atoms with van der Waals surface area (Å²) in [4.78, 5) is 53.0. The molecule has 12 heteroatoms. The smallest absolute Gasteiger partial charge is 0.270 e. The van der Waals surface area contributed by atoms with E-state index in [1.54, 1.807) is 42.5 Å². The molecule has 0 radical (unpaired) electrons. The van der Waals surface area contributed by atoms with E-state index in [1.807, 2.05) is 0 Å². The molecule has 2 aromatic heterocycles. The first-order chi connectivity index (χ1) is 18.3. The van der Waals surface area contributed by atoms with Crippen molar-refractivity contribution in [3.8, 4) is 5.75 Å². The molecule has 3 amide bonds. The van der Waals surface area contributed by atoms with E-state index in [1.165, 1.54) is 6.07 Å². The van der Waals surface area contributed by atoms with Crippen LogP contribution in [0.1, 0.15) is 48.0 Å². The Kier molecular flexibility index (Phi) is 6.52. The number of amides is 3. The van der Waals surface area contributed by atoms with Gasteiger partial charge >= 0.3 is 0 Å². The number of nitrogens with one attached hydrogen (secondary N) is 2. The van der Waals surface area contributed by atoms with Crippen molar-refractivity contribution in [2.24, 2.45) is 5.73 Å². The summed E-state index contributed by atoms with van der Waals surface area (Å²) in [5.41, 5.74) is 7.07. The molecule has 4 aromatic rings. The van der Waals surface area contributed by atoms with Gasteiger partial charge in [-0.2, -0.15) is 5.10 Å². The van der Waals surface area contributed by atoms with Crippen molar-refractivity contribution in [3.05, 3.63) is 94.2 Å². The Morgan fingerprint density at radius 2 is 1.79 bits per heavy atom. The fourth-order valence-corrected chi connectivity index (χ4v) is 4.04. The van der Waals surface area contributed by atoms with E-state index < -0.39 is 23.5 Å². The zero-order valence-electron chi connectivity index (χ0n) is 19.9. The average molecular weight is 516 g/mol. The van der Waals surface area contributed by atoms with Crippen molar-refractivity contribution in [2.75, 3.05) is 6.61 Å². The number of fused-ring (bicyclic) bond motifs is 2. The van der Waals surface area contributed by atoms with Gasteiger partial charge in [0.25, 0.3) is 11.8 Å². The van der Waals surface area contributed by atoms with Gasteiger partial charge in [-0.3, -0.25) is 19.2 Å². The van der Waals surface area contributed by atoms with E-state index in [-0.39, 0.29) is 54.5 Å². The molecule has 5 rings (SSSR count). The lowest BCUT2D eigenvalue weighted by Gasteiger charge is -2.17. The fourth-order valence-electron chi connectivity index (χ4n) is 4.04. The molecule has 0 bridgehead atoms. The van der Waals surface area contributed by atoms with Crippen molar-refractivity contribution in [3.63, 3.8) is 0 Å². The zero-order valence-corrected chi connectivity index (χ0v) is 19.9. The lowest BCUT2D eigenvalue weighted by molar-refractivity contribution is -0.121. The lowest BCUT2D eigenvalue weighted by Crippen LogP contribution is -2.28. The number of aromatic nitrogens is 3. The third kappa shape index (κ3) is 5.05. The van der Waals surface area contributed by atoms with Crippen LogP contribution in [0.2, 0.25) is 0 Å². The SMILES string of the molecule is NC(=O)c1cccc(CNC(=O)c2cc(C(=O)NCc3ccc4c(c3)CC(=O)CO4)nc3c(F)cnn23)c1. The van der Waals surface area contributed by atoms with E-state index in [9.17, 15) is 23.6 Å². The van der Waals surface area contributed by atoms with E-state index in [2.05, 4.69) is 20.7 Å². The van der Waals surface area contributed by atoms with Crippen LogP contribution in [0, 0.1) is 5.82 Å². The first kappa shape index (κ1) is 24.6. The molecule has 0 saturated carbocycles. The molecule has 0 aliphatic carbocycles. The molecule has 1 aliphatic rings. The van der Waals surface area contributed by atoms with Gasteiger partial charge in [0.05, 0.1) is 6.20 Å². The molecule has 38 heavy (non-hydrogen) atoms. The van der Waals surface area contributed by atoms with Gasteiger partial charge in [-0.1, -0.05) is 18.2 Å². The average Bonchev–Trinajstić information content (AvgIpc) is 3.30. The van der Waals surface area contributed by atoms with Crippen molar-refractivity contribution >= 4 is 29.2 Å². The van der Waals surface area contributed by atoms with E-state index >= 15 is 0 Å². The first-order valence-electron chi connectivity index (χ1n) is 11.5. The molecule has 1 aliphatic heterocycles. The number of Topliss-reactive ketones (excluding diaryl/α,β-unsaturated/α-hetero) is 1. The summed E-state index contributed by atoms with van der Waals surface area (Å²) in [5.74, 6) is -2.10. The quantitative estimate of drug-likeness (QED) is 0.334. The summed E-state index contributed by atoms with van der Waals surface area (Å²) >= 11 is 0. The number of ether oxygens (including phenoxy) is 1. The minimum absolute atomic E-state index is 0.0367. The van der Waals surface area contributed by atoms with Gasteiger partial charge in [-0.25, -0.2) is 13.9 Å². The number of carbonyl (C=O) groups excluding carboxylic acids is 4. The molecule has 0 atom stereocenters. The highest BCUT2D eigenvalue weighted by molar-refractivity contribution is 5.98. The highest BCUT2D eigenvalue weighted by atomic mass is 19.1. The number of rotatable bonds is 7. The molecule has 192 valence electrons. The summed E-state index contributed by atoms with van der Waals surface area (Å²) < 4.78 is 20.7. The van der Waals surface area contributed by atoms with Crippen LogP contribution in [-0.2, 0) is 24.3 Å². The van der Waals surface area contributed by atoms with Gasteiger partial charge in [0.15, 0.2) is 17.2 Å². The summed E-state index contributed by atoms with van der Waals surface area (Å²) in [6.45, 7) is 0.185. The summed E-state index contributed by atoms with van der Waals surface area (Å²) in [6.07, 6.45) is 1.15. The maximum atomic E-state index is 14.4. The molecule has 0 unspecified atom stereocenters. The summed E-state index contributed by atoms with van der Waals surface area (Å²) in [5, 5.41) is 9.22. The number of nitrogens with zero attached hydrogens (tertiary/aromatic N) is 3. The predicted molar refractivity (Wildman–Crippen MR) is 131 cm³/mol. The molecular formula is C26H21FN6O5. The summed E-state index contributed by atoms with van der Waals surface area (Å²) in [7, 11) is 0. The Hall–Kier alpha value is -5.13. The van der Waals surface area contributed by atoms with E-state index in [0.717, 1.165) is 21.8 Å². The number of hydrogen-bond acceptors (Lipinski definition) is 7. The molecule has 0 saturated heterocycles. The van der Waals surface area contributed by atoms with Gasteiger partial charge in [0, 0.05) is 36.7 Å². The second-order valence-corrected chi connectivity index (χ2v) is 8.63. The minimum atomic E-state index is -0.804. The molecule has 2 aromatic carbocycles. The Bertz CT molecular complexity index is 1620. The second kappa shape index (κ2) is 10.1. The highest BCUT2D eigenvalue weighted by Gasteiger charge is 2.21. The Labute approximate surface area is 214 Å². The Balaban J connectivity index is 1.34. The summed E-state index contributed by atoms with van der Waals surface area (Å²) in [6, 6.07) is 12.9. The number of hydrogen-bond donors (Lipinski definition) is 3. The van der Waals surface area contributed by atoms with Crippen LogP contribution in [0.15, 0.2) is 54.7 Å². The van der Waals surface area contributed by atoms with Gasteiger partial charge in [0.2, 0.25) is 5.91 Å². The number of carbonyl (C=O) groups is 4. The molecule has 0 spiro atoms. The van der Waals surface area contributed by atoms with Crippen molar-refractivity contribution in [1.82, 2.24) is 25.2 Å². The number of nitrogens with two attached hydrogens (primary N) is 1. The highest BCUT2D eigenvalue weighted by Crippen LogP contribution is 2.24.